The smallest absolute Gasteiger partial charge is 0.220 e. The highest BCUT2D eigenvalue weighted by atomic mass is 32.1. The molecule has 4 rings (SSSR count). The van der Waals surface area contributed by atoms with E-state index in [4.69, 9.17) is 4.74 Å². The van der Waals surface area contributed by atoms with E-state index in [1.54, 1.807) is 0 Å². The molecule has 3 heterocycles. The minimum absolute atomic E-state index is 0.179. The number of piperidine rings is 1. The van der Waals surface area contributed by atoms with Crippen LogP contribution in [0.5, 0.6) is 0 Å². The molecular weight excluding hydrogens is 360 g/mol. The second kappa shape index (κ2) is 9.08. The average molecular weight is 389 g/mol. The zero-order chi connectivity index (χ0) is 18.5. The lowest BCUT2D eigenvalue weighted by Crippen LogP contribution is -2.34. The molecule has 27 heavy (non-hydrogen) atoms. The zero-order valence-corrected chi connectivity index (χ0v) is 16.5. The average Bonchev–Trinajstić information content (AvgIpc) is 3.37. The molecule has 2 aliphatic rings. The van der Waals surface area contributed by atoms with Gasteiger partial charge in [-0.15, -0.1) is 0 Å². The van der Waals surface area contributed by atoms with Crippen LogP contribution < -0.4 is 5.32 Å². The molecule has 0 spiro atoms. The quantitative estimate of drug-likeness (QED) is 0.790. The van der Waals surface area contributed by atoms with Crippen LogP contribution in [0.4, 0.5) is 0 Å². The predicted octanol–water partition coefficient (Wildman–Crippen LogP) is 2.98. The number of nitrogens with zero attached hydrogens (tertiary/aromatic N) is 3. The van der Waals surface area contributed by atoms with Gasteiger partial charge in [0.05, 0.1) is 17.8 Å². The van der Waals surface area contributed by atoms with E-state index >= 15 is 0 Å². The van der Waals surface area contributed by atoms with E-state index in [0.29, 0.717) is 18.9 Å². The number of hydrogen-bond acceptors (Lipinski definition) is 6. The van der Waals surface area contributed by atoms with E-state index in [2.05, 4.69) is 37.2 Å². The fourth-order valence-corrected chi connectivity index (χ4v) is 4.59. The third kappa shape index (κ3) is 5.24. The number of aromatic nitrogens is 2. The number of nitrogens with one attached hydrogen (secondary N) is 1. The molecule has 1 N–H and O–H groups in total. The van der Waals surface area contributed by atoms with E-state index < -0.39 is 0 Å². The molecule has 0 saturated carbocycles. The second-order valence-electron chi connectivity index (χ2n) is 7.78. The molecule has 0 aliphatic carbocycles. The number of carbonyl (C=O) groups is 1. The van der Waals surface area contributed by atoms with Gasteiger partial charge in [-0.05, 0) is 68.8 Å². The Morgan fingerprint density at radius 1 is 1.22 bits per heavy atom. The lowest BCUT2D eigenvalue weighted by molar-refractivity contribution is -0.122. The molecule has 7 heteroatoms. The number of ether oxygens (including phenoxy) is 1. The summed E-state index contributed by atoms with van der Waals surface area (Å²) in [5.41, 5.74) is 3.30. The molecule has 2 aliphatic heterocycles. The van der Waals surface area contributed by atoms with Crippen molar-refractivity contribution in [2.45, 2.75) is 51.2 Å². The van der Waals surface area contributed by atoms with Gasteiger partial charge >= 0.3 is 0 Å². The van der Waals surface area contributed by atoms with Gasteiger partial charge in [-0.3, -0.25) is 9.69 Å². The summed E-state index contributed by atoms with van der Waals surface area (Å²) in [6, 6.07) is 6.38. The topological polar surface area (TPSA) is 67.4 Å². The van der Waals surface area contributed by atoms with Crippen LogP contribution in [0.1, 0.15) is 44.1 Å². The molecule has 2 saturated heterocycles. The summed E-state index contributed by atoms with van der Waals surface area (Å²) < 4.78 is 14.1. The maximum atomic E-state index is 12.0. The van der Waals surface area contributed by atoms with Crippen molar-refractivity contribution in [2.24, 2.45) is 5.92 Å². The Morgan fingerprint density at radius 2 is 2.07 bits per heavy atom. The van der Waals surface area contributed by atoms with E-state index in [0.717, 1.165) is 56.5 Å². The third-order valence-electron chi connectivity index (χ3n) is 5.76. The first-order chi connectivity index (χ1) is 13.3. The first-order valence-electron chi connectivity index (χ1n) is 10.1. The SMILES string of the molecule is O=C(CCC1CCN(Cc2ccc3nsnc3c2)CC1)NCC1CCCO1. The number of rotatable bonds is 7. The lowest BCUT2D eigenvalue weighted by atomic mass is 9.92. The van der Waals surface area contributed by atoms with Gasteiger partial charge in [0.25, 0.3) is 0 Å². The molecule has 0 bridgehead atoms. The van der Waals surface area contributed by atoms with Gasteiger partial charge in [0, 0.05) is 26.1 Å². The highest BCUT2D eigenvalue weighted by Crippen LogP contribution is 2.24. The van der Waals surface area contributed by atoms with Crippen molar-refractivity contribution in [1.29, 1.82) is 0 Å². The monoisotopic (exact) mass is 388 g/mol. The summed E-state index contributed by atoms with van der Waals surface area (Å²) in [6.45, 7) is 4.71. The van der Waals surface area contributed by atoms with Gasteiger partial charge in [-0.25, -0.2) is 0 Å². The Bertz CT molecular complexity index is 751. The van der Waals surface area contributed by atoms with Crippen molar-refractivity contribution in [3.8, 4) is 0 Å². The first kappa shape index (κ1) is 18.8. The van der Waals surface area contributed by atoms with Crippen molar-refractivity contribution in [3.05, 3.63) is 23.8 Å². The Labute approximate surface area is 164 Å². The number of fused-ring (bicyclic) bond motifs is 1. The molecule has 1 aromatic heterocycles. The van der Waals surface area contributed by atoms with Crippen molar-refractivity contribution in [2.75, 3.05) is 26.2 Å². The van der Waals surface area contributed by atoms with Crippen molar-refractivity contribution >= 4 is 28.7 Å². The van der Waals surface area contributed by atoms with E-state index in [9.17, 15) is 4.79 Å². The number of carbonyl (C=O) groups excluding carboxylic acids is 1. The number of amides is 1. The van der Waals surface area contributed by atoms with Gasteiger partial charge < -0.3 is 10.1 Å². The van der Waals surface area contributed by atoms with Crippen LogP contribution in [0.25, 0.3) is 11.0 Å². The van der Waals surface area contributed by atoms with Crippen molar-refractivity contribution < 1.29 is 9.53 Å². The van der Waals surface area contributed by atoms with Crippen molar-refractivity contribution in [3.63, 3.8) is 0 Å². The molecule has 146 valence electrons. The summed E-state index contributed by atoms with van der Waals surface area (Å²) in [6.07, 6.45) is 6.43. The fourth-order valence-electron chi connectivity index (χ4n) is 4.07. The van der Waals surface area contributed by atoms with E-state index in [-0.39, 0.29) is 12.0 Å². The molecule has 2 aromatic rings. The van der Waals surface area contributed by atoms with Crippen LogP contribution in [-0.2, 0) is 16.1 Å². The van der Waals surface area contributed by atoms with Gasteiger partial charge in [-0.1, -0.05) is 6.07 Å². The lowest BCUT2D eigenvalue weighted by Gasteiger charge is -2.32. The minimum Gasteiger partial charge on any atom is -0.376 e. The molecule has 1 amide bonds. The fraction of sp³-hybridized carbons (Fsp3) is 0.650. The van der Waals surface area contributed by atoms with Crippen LogP contribution in [0.3, 0.4) is 0 Å². The van der Waals surface area contributed by atoms with E-state index in [1.807, 2.05) is 0 Å². The van der Waals surface area contributed by atoms with Gasteiger partial charge in [0.1, 0.15) is 11.0 Å². The molecule has 2 fully saturated rings. The molecular formula is C20H28N4O2S. The maximum Gasteiger partial charge on any atom is 0.220 e. The number of benzene rings is 1. The van der Waals surface area contributed by atoms with Crippen LogP contribution in [0.15, 0.2) is 18.2 Å². The van der Waals surface area contributed by atoms with Crippen molar-refractivity contribution in [1.82, 2.24) is 19.0 Å². The summed E-state index contributed by atoms with van der Waals surface area (Å²) in [5.74, 6) is 0.845. The van der Waals surface area contributed by atoms with Gasteiger partial charge in [0.2, 0.25) is 5.91 Å². The minimum atomic E-state index is 0.179. The maximum absolute atomic E-state index is 12.0. The van der Waals surface area contributed by atoms with Gasteiger partial charge in [-0.2, -0.15) is 8.75 Å². The highest BCUT2D eigenvalue weighted by molar-refractivity contribution is 7.00. The molecule has 1 atom stereocenters. The third-order valence-corrected chi connectivity index (χ3v) is 6.32. The summed E-state index contributed by atoms with van der Waals surface area (Å²) in [7, 11) is 0. The Kier molecular flexibility index (Phi) is 6.32. The predicted molar refractivity (Wildman–Crippen MR) is 107 cm³/mol. The summed E-state index contributed by atoms with van der Waals surface area (Å²) in [5, 5.41) is 3.03. The number of hydrogen-bond donors (Lipinski definition) is 1. The largest absolute Gasteiger partial charge is 0.376 e. The normalized spacial score (nSPS) is 21.7. The molecule has 0 radical (unpaired) electrons. The van der Waals surface area contributed by atoms with Crippen LogP contribution in [-0.4, -0.2) is 51.9 Å². The molecule has 6 nitrogen and oxygen atoms in total. The van der Waals surface area contributed by atoms with E-state index in [1.165, 1.54) is 30.1 Å². The number of likely N-dealkylation sites (tertiary alicyclic amines) is 1. The molecule has 1 aromatic carbocycles. The first-order valence-corrected chi connectivity index (χ1v) is 10.8. The molecule has 1 unspecified atom stereocenters. The van der Waals surface area contributed by atoms with Crippen LogP contribution in [0, 0.1) is 5.92 Å². The second-order valence-corrected chi connectivity index (χ2v) is 8.31. The van der Waals surface area contributed by atoms with Gasteiger partial charge in [0.15, 0.2) is 0 Å². The van der Waals surface area contributed by atoms with Crippen LogP contribution >= 0.6 is 11.7 Å². The van der Waals surface area contributed by atoms with Crippen LogP contribution in [0.2, 0.25) is 0 Å². The Balaban J connectivity index is 1.15. The summed E-state index contributed by atoms with van der Waals surface area (Å²) >= 11 is 1.27. The Morgan fingerprint density at radius 3 is 2.89 bits per heavy atom. The Hall–Kier alpha value is -1.57. The highest BCUT2D eigenvalue weighted by Gasteiger charge is 2.21. The zero-order valence-electron chi connectivity index (χ0n) is 15.7. The summed E-state index contributed by atoms with van der Waals surface area (Å²) in [4.78, 5) is 14.6. The standard InChI is InChI=1S/C20H28N4O2S/c25-20(21-13-17-2-1-11-26-17)6-4-15-7-9-24(10-8-15)14-16-3-5-18-19(12-16)23-27-22-18/h3,5,12,15,17H,1-2,4,6-11,13-14H2,(H,21,25).